The van der Waals surface area contributed by atoms with Crippen molar-refractivity contribution in [3.05, 3.63) is 29.8 Å². The highest BCUT2D eigenvalue weighted by atomic mass is 32.2. The zero-order chi connectivity index (χ0) is 16.0. The molecule has 4 nitrogen and oxygen atoms in total. The summed E-state index contributed by atoms with van der Waals surface area (Å²) in [6, 6.07) is 3.09. The van der Waals surface area contributed by atoms with E-state index in [0.29, 0.717) is 12.2 Å². The number of halogens is 2. The monoisotopic (exact) mass is 316 g/mol. The minimum absolute atomic E-state index is 0.108. The van der Waals surface area contributed by atoms with Gasteiger partial charge in [-0.1, -0.05) is 13.0 Å². The molecule has 0 aliphatic carbocycles. The van der Waals surface area contributed by atoms with Gasteiger partial charge in [-0.25, -0.2) is 8.78 Å². The van der Waals surface area contributed by atoms with Gasteiger partial charge < -0.3 is 10.2 Å². The van der Waals surface area contributed by atoms with Crippen LogP contribution >= 0.6 is 11.8 Å². The van der Waals surface area contributed by atoms with Crippen LogP contribution in [0.4, 0.5) is 14.5 Å². The summed E-state index contributed by atoms with van der Waals surface area (Å²) in [5.74, 6) is -3.04. The van der Waals surface area contributed by atoms with E-state index in [0.717, 1.165) is 12.1 Å². The Morgan fingerprint density at radius 2 is 1.90 bits per heavy atom. The van der Waals surface area contributed by atoms with Gasteiger partial charge in [0, 0.05) is 18.8 Å². The lowest BCUT2D eigenvalue weighted by Crippen LogP contribution is -2.44. The number of anilines is 1. The molecule has 1 aromatic carbocycles. The van der Waals surface area contributed by atoms with E-state index in [4.69, 9.17) is 0 Å². The highest BCUT2D eigenvalue weighted by molar-refractivity contribution is 7.98. The van der Waals surface area contributed by atoms with Gasteiger partial charge in [0.25, 0.3) is 0 Å². The highest BCUT2D eigenvalue weighted by Gasteiger charge is 2.25. The van der Waals surface area contributed by atoms with E-state index in [2.05, 4.69) is 0 Å². The first-order chi connectivity index (χ1) is 9.92. The molecule has 1 aromatic rings. The quantitative estimate of drug-likeness (QED) is 0.849. The highest BCUT2D eigenvalue weighted by Crippen LogP contribution is 2.18. The van der Waals surface area contributed by atoms with E-state index in [1.54, 1.807) is 11.8 Å². The molecule has 1 atom stereocenters. The fraction of sp³-hybridized carbons (Fsp3) is 0.429. The molecule has 0 fully saturated rings. The molecule has 0 bridgehead atoms. The Hall–Kier alpha value is -1.63. The van der Waals surface area contributed by atoms with Crippen molar-refractivity contribution in [3.8, 4) is 0 Å². The molecule has 1 unspecified atom stereocenters. The summed E-state index contributed by atoms with van der Waals surface area (Å²) in [6.07, 6.45) is 2.58. The summed E-state index contributed by atoms with van der Waals surface area (Å²) in [4.78, 5) is 25.1. The Labute approximate surface area is 126 Å². The summed E-state index contributed by atoms with van der Waals surface area (Å²) >= 11 is 1.56. The molecule has 0 saturated carbocycles. The minimum Gasteiger partial charge on any atom is -0.334 e. The van der Waals surface area contributed by atoms with Crippen LogP contribution in [0.3, 0.4) is 0 Å². The molecule has 0 spiro atoms. The number of carbonyl (C=O) groups is 2. The predicted molar refractivity (Wildman–Crippen MR) is 80.2 cm³/mol. The van der Waals surface area contributed by atoms with Gasteiger partial charge in [-0.2, -0.15) is 11.8 Å². The molecule has 1 rings (SSSR count). The van der Waals surface area contributed by atoms with Gasteiger partial charge in [-0.3, -0.25) is 9.59 Å². The smallest absolute Gasteiger partial charge is 0.314 e. The van der Waals surface area contributed by atoms with Crippen LogP contribution in [0.25, 0.3) is 0 Å². The van der Waals surface area contributed by atoms with Gasteiger partial charge in [-0.15, -0.1) is 0 Å². The van der Waals surface area contributed by atoms with Crippen LogP contribution in [-0.2, 0) is 9.59 Å². The molecule has 0 heterocycles. The third kappa shape index (κ3) is 4.42. The molecule has 7 heteroatoms. The molecule has 0 aromatic heterocycles. The second-order valence-corrected chi connectivity index (χ2v) is 5.39. The fourth-order valence-electron chi connectivity index (χ4n) is 1.81. The number of nitrogens with zero attached hydrogens (tertiary/aromatic N) is 1. The Kier molecular flexibility index (Phi) is 6.61. The third-order valence-corrected chi connectivity index (χ3v) is 3.81. The summed E-state index contributed by atoms with van der Waals surface area (Å²) in [6.45, 7) is 1.90. The lowest BCUT2D eigenvalue weighted by molar-refractivity contribution is -0.143. The van der Waals surface area contributed by atoms with Crippen LogP contribution in [-0.4, -0.2) is 41.8 Å². The second kappa shape index (κ2) is 7.97. The SMILES string of the molecule is CCC(CSC)N(C)C(=O)C(=O)Nc1c(F)cccc1F. The maximum atomic E-state index is 13.4. The first kappa shape index (κ1) is 17.4. The second-order valence-electron chi connectivity index (χ2n) is 4.48. The number of hydrogen-bond acceptors (Lipinski definition) is 3. The van der Waals surface area contributed by atoms with Crippen LogP contribution < -0.4 is 5.32 Å². The van der Waals surface area contributed by atoms with Gasteiger partial charge in [0.1, 0.15) is 17.3 Å². The van der Waals surface area contributed by atoms with Crippen molar-refractivity contribution in [2.45, 2.75) is 19.4 Å². The first-order valence-electron chi connectivity index (χ1n) is 6.43. The molecule has 0 saturated heterocycles. The van der Waals surface area contributed by atoms with Crippen molar-refractivity contribution in [1.29, 1.82) is 0 Å². The largest absolute Gasteiger partial charge is 0.334 e. The summed E-state index contributed by atoms with van der Waals surface area (Å²) in [5.41, 5.74) is -0.609. The van der Waals surface area contributed by atoms with Crippen LogP contribution in [0.5, 0.6) is 0 Å². The molecular weight excluding hydrogens is 298 g/mol. The molecular formula is C14H18F2N2O2S. The fourth-order valence-corrected chi connectivity index (χ4v) is 2.65. The third-order valence-electron chi connectivity index (χ3n) is 3.09. The Balaban J connectivity index is 2.81. The van der Waals surface area contributed by atoms with Gasteiger partial charge >= 0.3 is 11.8 Å². The number of hydrogen-bond donors (Lipinski definition) is 1. The van der Waals surface area contributed by atoms with Gasteiger partial charge in [0.15, 0.2) is 0 Å². The van der Waals surface area contributed by atoms with Gasteiger partial charge in [0.2, 0.25) is 0 Å². The zero-order valence-electron chi connectivity index (χ0n) is 12.2. The number of amides is 2. The van der Waals surface area contributed by atoms with Crippen molar-refractivity contribution in [2.75, 3.05) is 24.4 Å². The normalized spacial score (nSPS) is 11.9. The molecule has 2 amide bonds. The van der Waals surface area contributed by atoms with Crippen molar-refractivity contribution in [3.63, 3.8) is 0 Å². The summed E-state index contributed by atoms with van der Waals surface area (Å²) in [7, 11) is 1.50. The number of likely N-dealkylation sites (N-methyl/N-ethyl adjacent to an activating group) is 1. The van der Waals surface area contributed by atoms with E-state index in [-0.39, 0.29) is 6.04 Å². The molecule has 0 aliphatic heterocycles. The van der Waals surface area contributed by atoms with E-state index in [9.17, 15) is 18.4 Å². The first-order valence-corrected chi connectivity index (χ1v) is 7.82. The molecule has 1 N–H and O–H groups in total. The maximum Gasteiger partial charge on any atom is 0.314 e. The zero-order valence-corrected chi connectivity index (χ0v) is 13.0. The maximum absolute atomic E-state index is 13.4. The standard InChI is InChI=1S/C14H18F2N2O2S/c1-4-9(8-21-3)18(2)14(20)13(19)17-12-10(15)6-5-7-11(12)16/h5-7,9H,4,8H2,1-3H3,(H,17,19). The van der Waals surface area contributed by atoms with Crippen LogP contribution in [0.1, 0.15) is 13.3 Å². The van der Waals surface area contributed by atoms with E-state index in [1.165, 1.54) is 18.0 Å². The van der Waals surface area contributed by atoms with Crippen molar-refractivity contribution < 1.29 is 18.4 Å². The van der Waals surface area contributed by atoms with Gasteiger partial charge in [0.05, 0.1) is 0 Å². The minimum atomic E-state index is -1.05. The number of benzene rings is 1. The van der Waals surface area contributed by atoms with Crippen molar-refractivity contribution >= 4 is 29.3 Å². The van der Waals surface area contributed by atoms with Gasteiger partial charge in [-0.05, 0) is 24.8 Å². The van der Waals surface area contributed by atoms with E-state index >= 15 is 0 Å². The average Bonchev–Trinajstić information content (AvgIpc) is 2.47. The molecule has 0 radical (unpaired) electrons. The van der Waals surface area contributed by atoms with E-state index in [1.807, 2.05) is 18.5 Å². The Morgan fingerprint density at radius 3 is 2.38 bits per heavy atom. The summed E-state index contributed by atoms with van der Waals surface area (Å²) < 4.78 is 26.9. The lowest BCUT2D eigenvalue weighted by Gasteiger charge is -2.26. The lowest BCUT2D eigenvalue weighted by atomic mass is 10.2. The number of carbonyl (C=O) groups excluding carboxylic acids is 2. The van der Waals surface area contributed by atoms with Crippen molar-refractivity contribution in [2.24, 2.45) is 0 Å². The van der Waals surface area contributed by atoms with Crippen LogP contribution in [0.15, 0.2) is 18.2 Å². The Morgan fingerprint density at radius 1 is 1.33 bits per heavy atom. The number of para-hydroxylation sites is 1. The average molecular weight is 316 g/mol. The predicted octanol–water partition coefficient (Wildman–Crippen LogP) is 2.50. The topological polar surface area (TPSA) is 49.4 Å². The summed E-state index contributed by atoms with van der Waals surface area (Å²) in [5, 5.41) is 1.99. The van der Waals surface area contributed by atoms with Crippen LogP contribution in [0, 0.1) is 11.6 Å². The van der Waals surface area contributed by atoms with Crippen LogP contribution in [0.2, 0.25) is 0 Å². The number of thioether (sulfide) groups is 1. The van der Waals surface area contributed by atoms with Crippen molar-refractivity contribution in [1.82, 2.24) is 4.90 Å². The number of nitrogens with one attached hydrogen (secondary N) is 1. The number of rotatable bonds is 5. The molecule has 116 valence electrons. The molecule has 0 aliphatic rings. The molecule has 21 heavy (non-hydrogen) atoms. The Bertz CT molecular complexity index is 505. The van der Waals surface area contributed by atoms with E-state index < -0.39 is 29.1 Å².